The van der Waals surface area contributed by atoms with Crippen LogP contribution in [0.5, 0.6) is 0 Å². The fourth-order valence-corrected chi connectivity index (χ4v) is 5.41. The van der Waals surface area contributed by atoms with Crippen LogP contribution in [0.2, 0.25) is 0 Å². The Hall–Kier alpha value is -1.40. The fraction of sp³-hybridized carbons (Fsp3) is 0.588. The van der Waals surface area contributed by atoms with Crippen molar-refractivity contribution >= 4 is 15.9 Å². The van der Waals surface area contributed by atoms with Crippen molar-refractivity contribution in [3.63, 3.8) is 0 Å². The smallest absolute Gasteiger partial charge is 0.222 e. The molecule has 2 heterocycles. The highest BCUT2D eigenvalue weighted by molar-refractivity contribution is 7.88. The van der Waals surface area contributed by atoms with Crippen LogP contribution in [-0.4, -0.2) is 49.2 Å². The van der Waals surface area contributed by atoms with E-state index in [-0.39, 0.29) is 17.2 Å². The monoisotopic (exact) mass is 336 g/mol. The first-order valence-corrected chi connectivity index (χ1v) is 9.82. The third-order valence-corrected chi connectivity index (χ3v) is 7.20. The fourth-order valence-electron chi connectivity index (χ4n) is 3.83. The second kappa shape index (κ2) is 6.24. The highest BCUT2D eigenvalue weighted by Gasteiger charge is 2.44. The minimum Gasteiger partial charge on any atom is -0.340 e. The van der Waals surface area contributed by atoms with Gasteiger partial charge in [-0.2, -0.15) is 0 Å². The Labute approximate surface area is 138 Å². The Bertz CT molecular complexity index is 674. The molecule has 0 saturated carbocycles. The topological polar surface area (TPSA) is 57.7 Å². The molecule has 1 spiro atoms. The molecule has 0 bridgehead atoms. The molecule has 126 valence electrons. The molecule has 2 fully saturated rings. The Morgan fingerprint density at radius 1 is 1.09 bits per heavy atom. The van der Waals surface area contributed by atoms with Gasteiger partial charge in [0.2, 0.25) is 15.9 Å². The molecule has 1 aromatic rings. The summed E-state index contributed by atoms with van der Waals surface area (Å²) in [7, 11) is -1.44. The molecular formula is C17H24N2O3S. The van der Waals surface area contributed by atoms with Crippen LogP contribution in [0.4, 0.5) is 0 Å². The second-order valence-corrected chi connectivity index (χ2v) is 8.64. The normalized spacial score (nSPS) is 26.7. The number of hydrogen-bond donors (Lipinski definition) is 0. The van der Waals surface area contributed by atoms with Crippen LogP contribution in [0.1, 0.15) is 37.7 Å². The number of nitrogens with zero attached hydrogens (tertiary/aromatic N) is 2. The molecule has 0 aromatic heterocycles. The van der Waals surface area contributed by atoms with Crippen LogP contribution in [-0.2, 0) is 20.6 Å². The van der Waals surface area contributed by atoms with Crippen molar-refractivity contribution in [2.24, 2.45) is 0 Å². The first kappa shape index (κ1) is 16.5. The lowest BCUT2D eigenvalue weighted by molar-refractivity contribution is -0.129. The molecule has 2 aliphatic rings. The Balaban J connectivity index is 1.71. The van der Waals surface area contributed by atoms with Gasteiger partial charge in [0.05, 0.1) is 5.75 Å². The van der Waals surface area contributed by atoms with Crippen LogP contribution in [0.15, 0.2) is 30.3 Å². The minimum absolute atomic E-state index is 0.0512. The van der Waals surface area contributed by atoms with E-state index in [0.29, 0.717) is 19.5 Å². The van der Waals surface area contributed by atoms with E-state index in [1.165, 1.54) is 0 Å². The maximum Gasteiger partial charge on any atom is 0.222 e. The quantitative estimate of drug-likeness (QED) is 0.848. The molecule has 0 aliphatic carbocycles. The van der Waals surface area contributed by atoms with Gasteiger partial charge in [-0.05, 0) is 31.2 Å². The molecule has 5 nitrogen and oxygen atoms in total. The van der Waals surface area contributed by atoms with Gasteiger partial charge in [0.15, 0.2) is 0 Å². The van der Waals surface area contributed by atoms with Crippen molar-refractivity contribution in [3.05, 3.63) is 35.9 Å². The second-order valence-electron chi connectivity index (χ2n) is 6.67. The minimum atomic E-state index is -3.31. The lowest BCUT2D eigenvalue weighted by Crippen LogP contribution is -2.44. The number of carbonyl (C=O) groups excluding carboxylic acids is 1. The molecule has 23 heavy (non-hydrogen) atoms. The summed E-state index contributed by atoms with van der Waals surface area (Å²) in [4.78, 5) is 13.7. The summed E-state index contributed by atoms with van der Waals surface area (Å²) in [5.74, 6) is 0.237. The van der Waals surface area contributed by atoms with Gasteiger partial charge in [0, 0.05) is 32.1 Å². The lowest BCUT2D eigenvalue weighted by Gasteiger charge is -2.35. The van der Waals surface area contributed by atoms with E-state index in [2.05, 4.69) is 0 Å². The highest BCUT2D eigenvalue weighted by Crippen LogP contribution is 2.38. The number of sulfonamides is 1. The van der Waals surface area contributed by atoms with Gasteiger partial charge in [-0.15, -0.1) is 0 Å². The standard InChI is InChI=1S/C17H24N2O3S/c1-18-16(20)8-10-17(18)9-5-12-19(13-11-17)23(21,22)14-15-6-3-2-4-7-15/h2-4,6-7H,5,8-14H2,1H3. The van der Waals surface area contributed by atoms with Crippen LogP contribution >= 0.6 is 0 Å². The largest absolute Gasteiger partial charge is 0.340 e. The molecule has 1 amide bonds. The predicted molar refractivity (Wildman–Crippen MR) is 89.2 cm³/mol. The summed E-state index contributed by atoms with van der Waals surface area (Å²) in [6.45, 7) is 1.06. The van der Waals surface area contributed by atoms with Crippen LogP contribution in [0.3, 0.4) is 0 Å². The summed E-state index contributed by atoms with van der Waals surface area (Å²) < 4.78 is 27.0. The average molecular weight is 336 g/mol. The maximum atomic E-state index is 12.7. The van der Waals surface area contributed by atoms with E-state index >= 15 is 0 Å². The summed E-state index contributed by atoms with van der Waals surface area (Å²) in [6.07, 6.45) is 3.89. The number of likely N-dealkylation sites (tertiary alicyclic amines) is 1. The number of carbonyl (C=O) groups is 1. The van der Waals surface area contributed by atoms with Gasteiger partial charge >= 0.3 is 0 Å². The van der Waals surface area contributed by atoms with E-state index in [0.717, 1.165) is 31.2 Å². The van der Waals surface area contributed by atoms with Crippen LogP contribution in [0, 0.1) is 0 Å². The molecule has 3 rings (SSSR count). The summed E-state index contributed by atoms with van der Waals surface area (Å²) >= 11 is 0. The molecule has 0 N–H and O–H groups in total. The van der Waals surface area contributed by atoms with E-state index in [1.807, 2.05) is 42.3 Å². The molecule has 1 atom stereocenters. The van der Waals surface area contributed by atoms with Crippen molar-refractivity contribution in [1.29, 1.82) is 0 Å². The number of hydrogen-bond acceptors (Lipinski definition) is 3. The zero-order valence-corrected chi connectivity index (χ0v) is 14.4. The van der Waals surface area contributed by atoms with Crippen molar-refractivity contribution in [2.45, 2.75) is 43.4 Å². The van der Waals surface area contributed by atoms with Crippen molar-refractivity contribution in [2.75, 3.05) is 20.1 Å². The highest BCUT2D eigenvalue weighted by atomic mass is 32.2. The number of benzene rings is 1. The molecule has 2 aliphatic heterocycles. The zero-order chi connectivity index (χ0) is 16.5. The Kier molecular flexibility index (Phi) is 4.47. The van der Waals surface area contributed by atoms with Crippen molar-refractivity contribution in [3.8, 4) is 0 Å². The Morgan fingerprint density at radius 3 is 2.48 bits per heavy atom. The van der Waals surface area contributed by atoms with E-state index in [4.69, 9.17) is 0 Å². The van der Waals surface area contributed by atoms with Gasteiger partial charge < -0.3 is 4.90 Å². The van der Waals surface area contributed by atoms with Gasteiger partial charge in [0.1, 0.15) is 0 Å². The van der Waals surface area contributed by atoms with E-state index in [9.17, 15) is 13.2 Å². The third kappa shape index (κ3) is 3.28. The number of amides is 1. The van der Waals surface area contributed by atoms with E-state index in [1.54, 1.807) is 4.31 Å². The van der Waals surface area contributed by atoms with Crippen molar-refractivity contribution < 1.29 is 13.2 Å². The van der Waals surface area contributed by atoms with Gasteiger partial charge in [-0.3, -0.25) is 4.79 Å². The third-order valence-electron chi connectivity index (χ3n) is 5.35. The molecule has 1 unspecified atom stereocenters. The van der Waals surface area contributed by atoms with Gasteiger partial charge in [0.25, 0.3) is 0 Å². The molecular weight excluding hydrogens is 312 g/mol. The average Bonchev–Trinajstić information content (AvgIpc) is 2.71. The van der Waals surface area contributed by atoms with Gasteiger partial charge in [-0.25, -0.2) is 12.7 Å². The molecule has 1 aromatic carbocycles. The first-order chi connectivity index (χ1) is 10.9. The summed E-state index contributed by atoms with van der Waals surface area (Å²) in [5.41, 5.74) is 0.688. The summed E-state index contributed by atoms with van der Waals surface area (Å²) in [5, 5.41) is 0. The first-order valence-electron chi connectivity index (χ1n) is 8.21. The SMILES string of the molecule is CN1C(=O)CCC12CCCN(S(=O)(=O)Cc1ccccc1)CC2. The molecule has 2 saturated heterocycles. The maximum absolute atomic E-state index is 12.7. The van der Waals surface area contributed by atoms with Crippen LogP contribution in [0.25, 0.3) is 0 Å². The molecule has 6 heteroatoms. The van der Waals surface area contributed by atoms with Crippen LogP contribution < -0.4 is 0 Å². The Morgan fingerprint density at radius 2 is 1.83 bits per heavy atom. The van der Waals surface area contributed by atoms with E-state index < -0.39 is 10.0 Å². The number of rotatable bonds is 3. The van der Waals surface area contributed by atoms with Crippen molar-refractivity contribution in [1.82, 2.24) is 9.21 Å². The predicted octanol–water partition coefficient (Wildman–Crippen LogP) is 1.99. The lowest BCUT2D eigenvalue weighted by atomic mass is 9.88. The van der Waals surface area contributed by atoms with Gasteiger partial charge in [-0.1, -0.05) is 30.3 Å². The summed E-state index contributed by atoms with van der Waals surface area (Å²) in [6, 6.07) is 9.31. The zero-order valence-electron chi connectivity index (χ0n) is 13.6. The molecule has 0 radical (unpaired) electrons.